The highest BCUT2D eigenvalue weighted by Gasteiger charge is 2.31. The first-order chi connectivity index (χ1) is 15.1. The van der Waals surface area contributed by atoms with Crippen molar-refractivity contribution >= 4 is 27.0 Å². The van der Waals surface area contributed by atoms with E-state index in [-0.39, 0.29) is 42.5 Å². The number of hydrogen-bond acceptors (Lipinski definition) is 5. The maximum atomic E-state index is 14.2. The topological polar surface area (TPSA) is 83.5 Å². The molecule has 7 nitrogen and oxygen atoms in total. The first kappa shape index (κ1) is 22.3. The summed E-state index contributed by atoms with van der Waals surface area (Å²) in [6.07, 6.45) is 0. The molecular formula is C23H25FN4O3S. The van der Waals surface area contributed by atoms with Crippen LogP contribution in [0.4, 0.5) is 4.39 Å². The van der Waals surface area contributed by atoms with E-state index in [1.807, 2.05) is 13.8 Å². The fraction of sp³-hybridized carbons (Fsp3) is 0.348. The summed E-state index contributed by atoms with van der Waals surface area (Å²) >= 11 is 0. The van der Waals surface area contributed by atoms with E-state index in [1.165, 1.54) is 21.3 Å². The highest BCUT2D eigenvalue weighted by Crippen LogP contribution is 2.24. The van der Waals surface area contributed by atoms with E-state index in [1.54, 1.807) is 32.0 Å². The predicted octanol–water partition coefficient (Wildman–Crippen LogP) is 3.15. The van der Waals surface area contributed by atoms with Crippen LogP contribution in [0.15, 0.2) is 35.2 Å². The number of piperazine rings is 1. The number of halogens is 1. The lowest BCUT2D eigenvalue weighted by Crippen LogP contribution is -2.50. The molecule has 32 heavy (non-hydrogen) atoms. The average molecular weight is 457 g/mol. The van der Waals surface area contributed by atoms with Crippen molar-refractivity contribution in [1.29, 1.82) is 0 Å². The van der Waals surface area contributed by atoms with Crippen LogP contribution in [0.25, 0.3) is 11.0 Å². The number of carbonyl (C=O) groups is 1. The van der Waals surface area contributed by atoms with Gasteiger partial charge in [-0.2, -0.15) is 4.31 Å². The van der Waals surface area contributed by atoms with Crippen LogP contribution in [0.1, 0.15) is 32.9 Å². The van der Waals surface area contributed by atoms with Gasteiger partial charge in [0.05, 0.1) is 27.4 Å². The fourth-order valence-electron chi connectivity index (χ4n) is 3.79. The molecule has 9 heteroatoms. The van der Waals surface area contributed by atoms with Gasteiger partial charge < -0.3 is 4.90 Å². The zero-order valence-electron chi connectivity index (χ0n) is 18.5. The molecule has 0 radical (unpaired) electrons. The van der Waals surface area contributed by atoms with Crippen molar-refractivity contribution in [2.24, 2.45) is 0 Å². The number of aryl methyl sites for hydroxylation is 4. The molecule has 1 aliphatic rings. The average Bonchev–Trinajstić information content (AvgIpc) is 2.76. The van der Waals surface area contributed by atoms with Crippen LogP contribution in [0.2, 0.25) is 0 Å². The monoisotopic (exact) mass is 456 g/mol. The number of carbonyl (C=O) groups excluding carboxylic acids is 1. The summed E-state index contributed by atoms with van der Waals surface area (Å²) in [4.78, 5) is 23.8. The number of benzene rings is 2. The number of fused-ring (bicyclic) bond motifs is 1. The molecular weight excluding hydrogens is 431 g/mol. The molecule has 1 saturated heterocycles. The van der Waals surface area contributed by atoms with Crippen LogP contribution in [-0.4, -0.2) is 59.7 Å². The molecule has 0 aliphatic carbocycles. The van der Waals surface area contributed by atoms with Crippen molar-refractivity contribution in [3.05, 3.63) is 64.2 Å². The summed E-state index contributed by atoms with van der Waals surface area (Å²) in [6.45, 7) is 8.12. The fourth-order valence-corrected chi connectivity index (χ4v) is 5.29. The van der Waals surface area contributed by atoms with Crippen LogP contribution < -0.4 is 0 Å². The van der Waals surface area contributed by atoms with E-state index in [9.17, 15) is 17.6 Å². The van der Waals surface area contributed by atoms with E-state index in [2.05, 4.69) is 9.97 Å². The molecule has 0 spiro atoms. The number of amides is 1. The second-order valence-corrected chi connectivity index (χ2v) is 10.1. The summed E-state index contributed by atoms with van der Waals surface area (Å²) < 4.78 is 41.7. The van der Waals surface area contributed by atoms with Crippen LogP contribution >= 0.6 is 0 Å². The molecule has 2 heterocycles. The van der Waals surface area contributed by atoms with Crippen molar-refractivity contribution in [1.82, 2.24) is 19.2 Å². The van der Waals surface area contributed by atoms with Crippen molar-refractivity contribution in [2.45, 2.75) is 32.6 Å². The first-order valence-corrected chi connectivity index (χ1v) is 11.8. The van der Waals surface area contributed by atoms with Crippen LogP contribution in [-0.2, 0) is 10.0 Å². The van der Waals surface area contributed by atoms with Crippen LogP contribution in [0.5, 0.6) is 0 Å². The van der Waals surface area contributed by atoms with Gasteiger partial charge in [-0.05, 0) is 57.0 Å². The SMILES string of the molecule is Cc1ccc(S(=O)(=O)N2CCN(C(=O)c3cc(F)cc4nc(C)c(C)nc34)CC2)cc1C. The smallest absolute Gasteiger partial charge is 0.256 e. The lowest BCUT2D eigenvalue weighted by atomic mass is 10.1. The van der Waals surface area contributed by atoms with E-state index in [0.29, 0.717) is 22.4 Å². The number of nitrogens with zero attached hydrogens (tertiary/aromatic N) is 4. The second-order valence-electron chi connectivity index (χ2n) is 8.16. The third-order valence-electron chi connectivity index (χ3n) is 6.02. The number of aromatic nitrogens is 2. The summed E-state index contributed by atoms with van der Waals surface area (Å²) in [7, 11) is -3.65. The Morgan fingerprint density at radius 3 is 2.22 bits per heavy atom. The largest absolute Gasteiger partial charge is 0.336 e. The van der Waals surface area contributed by atoms with Gasteiger partial charge in [0.15, 0.2) is 0 Å². The van der Waals surface area contributed by atoms with Crippen molar-refractivity contribution in [3.8, 4) is 0 Å². The molecule has 0 atom stereocenters. The Labute approximate surface area is 186 Å². The summed E-state index contributed by atoms with van der Waals surface area (Å²) in [5.74, 6) is -0.940. The van der Waals surface area contributed by atoms with Crippen molar-refractivity contribution in [3.63, 3.8) is 0 Å². The predicted molar refractivity (Wildman–Crippen MR) is 120 cm³/mol. The van der Waals surface area contributed by atoms with Gasteiger partial charge in [-0.25, -0.2) is 22.8 Å². The number of sulfonamides is 1. The van der Waals surface area contributed by atoms with Gasteiger partial charge in [0, 0.05) is 32.2 Å². The Morgan fingerprint density at radius 1 is 0.906 bits per heavy atom. The Balaban J connectivity index is 1.57. The Kier molecular flexibility index (Phi) is 5.72. The van der Waals surface area contributed by atoms with Crippen molar-refractivity contribution in [2.75, 3.05) is 26.2 Å². The highest BCUT2D eigenvalue weighted by molar-refractivity contribution is 7.89. The maximum Gasteiger partial charge on any atom is 0.256 e. The first-order valence-electron chi connectivity index (χ1n) is 10.4. The van der Waals surface area contributed by atoms with Gasteiger partial charge in [-0.3, -0.25) is 4.79 Å². The van der Waals surface area contributed by atoms with Gasteiger partial charge in [0.1, 0.15) is 11.3 Å². The van der Waals surface area contributed by atoms with E-state index >= 15 is 0 Å². The quantitative estimate of drug-likeness (QED) is 0.605. The molecule has 168 valence electrons. The van der Waals surface area contributed by atoms with E-state index in [4.69, 9.17) is 0 Å². The molecule has 0 saturated carbocycles. The lowest BCUT2D eigenvalue weighted by molar-refractivity contribution is 0.0699. The zero-order chi connectivity index (χ0) is 23.2. The van der Waals surface area contributed by atoms with Crippen molar-refractivity contribution < 1.29 is 17.6 Å². The summed E-state index contributed by atoms with van der Waals surface area (Å²) in [6, 6.07) is 7.51. The molecule has 2 aromatic carbocycles. The lowest BCUT2D eigenvalue weighted by Gasteiger charge is -2.34. The van der Waals surface area contributed by atoms with E-state index in [0.717, 1.165) is 11.1 Å². The third kappa shape index (κ3) is 3.98. The third-order valence-corrected chi connectivity index (χ3v) is 7.91. The Bertz CT molecular complexity index is 1330. The molecule has 4 rings (SSSR count). The van der Waals surface area contributed by atoms with Crippen LogP contribution in [0.3, 0.4) is 0 Å². The number of rotatable bonds is 3. The number of hydrogen-bond donors (Lipinski definition) is 0. The zero-order valence-corrected chi connectivity index (χ0v) is 19.3. The Morgan fingerprint density at radius 2 is 1.56 bits per heavy atom. The van der Waals surface area contributed by atoms with Gasteiger partial charge in [-0.1, -0.05) is 6.07 Å². The summed E-state index contributed by atoms with van der Waals surface area (Å²) in [5.41, 5.74) is 4.09. The molecule has 0 unspecified atom stereocenters. The minimum Gasteiger partial charge on any atom is -0.336 e. The standard InChI is InChI=1S/C23H25FN4O3S/c1-14-5-6-19(11-15(14)2)32(30,31)28-9-7-27(8-10-28)23(29)20-12-18(24)13-21-22(20)26-17(4)16(3)25-21/h5-6,11-13H,7-10H2,1-4H3. The van der Waals surface area contributed by atoms with Gasteiger partial charge in [0.25, 0.3) is 5.91 Å². The van der Waals surface area contributed by atoms with Gasteiger partial charge >= 0.3 is 0 Å². The van der Waals surface area contributed by atoms with Gasteiger partial charge in [0.2, 0.25) is 10.0 Å². The maximum absolute atomic E-state index is 14.2. The van der Waals surface area contributed by atoms with Crippen LogP contribution in [0, 0.1) is 33.5 Å². The minimum atomic E-state index is -3.65. The molecule has 1 aromatic heterocycles. The van der Waals surface area contributed by atoms with Gasteiger partial charge in [-0.15, -0.1) is 0 Å². The molecule has 1 aliphatic heterocycles. The second kappa shape index (κ2) is 8.22. The molecule has 0 bridgehead atoms. The molecule has 1 amide bonds. The molecule has 1 fully saturated rings. The minimum absolute atomic E-state index is 0.140. The normalized spacial score (nSPS) is 15.3. The molecule has 0 N–H and O–H groups in total. The summed E-state index contributed by atoms with van der Waals surface area (Å²) in [5, 5.41) is 0. The highest BCUT2D eigenvalue weighted by atomic mass is 32.2. The van der Waals surface area contributed by atoms with E-state index < -0.39 is 15.8 Å². The molecule has 3 aromatic rings. The Hall–Kier alpha value is -2.91.